The van der Waals surface area contributed by atoms with Crippen LogP contribution in [-0.2, 0) is 7.05 Å². The molecule has 0 amide bonds. The molecule has 0 saturated heterocycles. The summed E-state index contributed by atoms with van der Waals surface area (Å²) in [6.45, 7) is 6.38. The van der Waals surface area contributed by atoms with Gasteiger partial charge in [-0.2, -0.15) is 0 Å². The molecule has 24 heavy (non-hydrogen) atoms. The van der Waals surface area contributed by atoms with Gasteiger partial charge in [0.15, 0.2) is 6.17 Å². The Balaban J connectivity index is 2.31. The summed E-state index contributed by atoms with van der Waals surface area (Å²) in [4.78, 5) is 0. The molecule has 0 radical (unpaired) electrons. The van der Waals surface area contributed by atoms with Crippen molar-refractivity contribution in [3.8, 4) is 11.3 Å². The molecule has 0 saturated carbocycles. The summed E-state index contributed by atoms with van der Waals surface area (Å²) in [5.74, 6) is 0. The van der Waals surface area contributed by atoms with Gasteiger partial charge in [-0.1, -0.05) is 48.0 Å². The quantitative estimate of drug-likeness (QED) is 0.327. The van der Waals surface area contributed by atoms with Crippen LogP contribution in [0.3, 0.4) is 0 Å². The van der Waals surface area contributed by atoms with Crippen LogP contribution in [0.25, 0.3) is 32.8 Å². The van der Waals surface area contributed by atoms with E-state index >= 15 is 0 Å². The van der Waals surface area contributed by atoms with Crippen molar-refractivity contribution in [2.75, 3.05) is 0 Å². The lowest BCUT2D eigenvalue weighted by Crippen LogP contribution is -2.31. The molecule has 118 valence electrons. The number of nitrogens with zero attached hydrogens (tertiary/aromatic N) is 1. The smallest absolute Gasteiger partial charge is 0.200 e. The molecule has 0 unspecified atom stereocenters. The van der Waals surface area contributed by atoms with E-state index in [2.05, 4.69) is 45.0 Å². The highest BCUT2D eigenvalue weighted by Crippen LogP contribution is 2.34. The van der Waals surface area contributed by atoms with Crippen LogP contribution in [0.4, 0.5) is 0 Å². The second-order valence-corrected chi connectivity index (χ2v) is 6.61. The molecule has 4 rings (SSSR count). The first-order valence-electron chi connectivity index (χ1n) is 9.29. The second-order valence-electron chi connectivity index (χ2n) is 6.61. The van der Waals surface area contributed by atoms with Crippen molar-refractivity contribution in [2.45, 2.75) is 20.8 Å². The number of benzene rings is 3. The Labute approximate surface area is 146 Å². The van der Waals surface area contributed by atoms with Crippen molar-refractivity contribution in [1.29, 1.82) is 0 Å². The van der Waals surface area contributed by atoms with Gasteiger partial charge in [-0.15, -0.1) is 0 Å². The van der Waals surface area contributed by atoms with Gasteiger partial charge >= 0.3 is 0 Å². The predicted molar refractivity (Wildman–Crippen MR) is 102 cm³/mol. The largest absolute Gasteiger partial charge is 0.221 e. The number of hydrogen-bond donors (Lipinski definition) is 0. The van der Waals surface area contributed by atoms with E-state index in [0.717, 1.165) is 32.8 Å². The van der Waals surface area contributed by atoms with Crippen LogP contribution in [0, 0.1) is 20.8 Å². The highest BCUT2D eigenvalue weighted by molar-refractivity contribution is 6.12. The van der Waals surface area contributed by atoms with Crippen molar-refractivity contribution in [3.05, 3.63) is 77.4 Å². The molecule has 1 aromatic heterocycles. The van der Waals surface area contributed by atoms with E-state index < -0.39 is 0 Å². The van der Waals surface area contributed by atoms with Gasteiger partial charge in [0.2, 0.25) is 5.69 Å². The van der Waals surface area contributed by atoms with E-state index in [4.69, 9.17) is 2.74 Å². The second kappa shape index (κ2) is 5.45. The normalized spacial score (nSPS) is 12.5. The first kappa shape index (κ1) is 12.7. The third-order valence-corrected chi connectivity index (χ3v) is 4.93. The third-order valence-electron chi connectivity index (χ3n) is 4.93. The molecule has 0 bridgehead atoms. The minimum atomic E-state index is 0.237. The molecule has 1 heterocycles. The number of aromatic nitrogens is 1. The summed E-state index contributed by atoms with van der Waals surface area (Å²) in [7, 11) is 1.90. The zero-order valence-corrected chi connectivity index (χ0v) is 14.6. The van der Waals surface area contributed by atoms with Crippen molar-refractivity contribution in [2.24, 2.45) is 7.05 Å². The average Bonchev–Trinajstić information content (AvgIpc) is 2.63. The van der Waals surface area contributed by atoms with E-state index in [1.807, 2.05) is 35.9 Å². The fourth-order valence-electron chi connectivity index (χ4n) is 3.60. The summed E-state index contributed by atoms with van der Waals surface area (Å²) >= 11 is 0. The molecule has 0 aliphatic rings. The van der Waals surface area contributed by atoms with Gasteiger partial charge in [0.1, 0.15) is 8.42 Å². The third kappa shape index (κ3) is 2.20. The molecular weight excluding hydrogens is 290 g/mol. The highest BCUT2D eigenvalue weighted by atomic mass is 14.9. The van der Waals surface area contributed by atoms with Gasteiger partial charge in [-0.3, -0.25) is 0 Å². The minimum absolute atomic E-state index is 0.237. The monoisotopic (exact) mass is 314 g/mol. The predicted octanol–water partition coefficient (Wildman–Crippen LogP) is 5.41. The molecule has 0 N–H and O–H groups in total. The summed E-state index contributed by atoms with van der Waals surface area (Å²) in [5.41, 5.74) is 5.83. The highest BCUT2D eigenvalue weighted by Gasteiger charge is 2.20. The van der Waals surface area contributed by atoms with E-state index in [-0.39, 0.29) is 12.2 Å². The van der Waals surface area contributed by atoms with Crippen LogP contribution in [0.5, 0.6) is 0 Å². The standard InChI is InChI=1S/C23H22N/c1-15-13-16(2)17(3)21(14-15)23-22-19(11-12-24(23)4)10-9-18-7-5-6-8-20(18)22/h5-14H,1-4H3/q+1/i11D,12D. The number of rotatable bonds is 1. The summed E-state index contributed by atoms with van der Waals surface area (Å²) < 4.78 is 18.8. The molecule has 0 aliphatic heterocycles. The molecule has 4 aromatic rings. The van der Waals surface area contributed by atoms with Crippen LogP contribution in [0.2, 0.25) is 0 Å². The molecule has 0 fully saturated rings. The Bertz CT molecular complexity index is 1190. The summed E-state index contributed by atoms with van der Waals surface area (Å²) in [5, 5.41) is 4.17. The first-order chi connectivity index (χ1) is 12.4. The van der Waals surface area contributed by atoms with E-state index in [1.165, 1.54) is 16.7 Å². The maximum absolute atomic E-state index is 8.49. The van der Waals surface area contributed by atoms with Gasteiger partial charge < -0.3 is 0 Å². The van der Waals surface area contributed by atoms with Crippen LogP contribution in [-0.4, -0.2) is 0 Å². The lowest BCUT2D eigenvalue weighted by atomic mass is 9.92. The molecule has 0 aliphatic carbocycles. The Morgan fingerprint density at radius 2 is 1.67 bits per heavy atom. The van der Waals surface area contributed by atoms with Gasteiger partial charge in [0, 0.05) is 6.04 Å². The van der Waals surface area contributed by atoms with Crippen molar-refractivity contribution in [1.82, 2.24) is 0 Å². The number of fused-ring (bicyclic) bond motifs is 3. The van der Waals surface area contributed by atoms with Crippen LogP contribution >= 0.6 is 0 Å². The van der Waals surface area contributed by atoms with Crippen molar-refractivity contribution in [3.63, 3.8) is 0 Å². The molecular formula is C23H22N+. The zero-order valence-electron chi connectivity index (χ0n) is 16.6. The van der Waals surface area contributed by atoms with Crippen molar-refractivity contribution < 1.29 is 7.31 Å². The molecule has 1 nitrogen and oxygen atoms in total. The first-order valence-corrected chi connectivity index (χ1v) is 8.29. The molecule has 0 spiro atoms. The average molecular weight is 314 g/mol. The van der Waals surface area contributed by atoms with E-state index in [0.29, 0.717) is 0 Å². The molecule has 0 atom stereocenters. The lowest BCUT2D eigenvalue weighted by Gasteiger charge is -2.13. The Kier molecular flexibility index (Phi) is 2.89. The summed E-state index contributed by atoms with van der Waals surface area (Å²) in [6.07, 6.45) is 0.237. The maximum Gasteiger partial charge on any atom is 0.221 e. The number of aryl methyl sites for hydroxylation is 2. The fourth-order valence-corrected chi connectivity index (χ4v) is 3.60. The molecule has 1 heteroatoms. The van der Waals surface area contributed by atoms with Gasteiger partial charge in [0.25, 0.3) is 0 Å². The SMILES string of the molecule is [2H]c1c([2H])[n+](C)c(-c2cc(C)cc(C)c2C)c2c1ccc1ccccc12. The van der Waals surface area contributed by atoms with Crippen LogP contribution in [0.1, 0.15) is 19.4 Å². The maximum atomic E-state index is 8.49. The Morgan fingerprint density at radius 3 is 2.50 bits per heavy atom. The lowest BCUT2D eigenvalue weighted by molar-refractivity contribution is -0.659. The fraction of sp³-hybridized carbons (Fsp3) is 0.174. The van der Waals surface area contributed by atoms with E-state index in [1.54, 1.807) is 0 Å². The Hall–Kier alpha value is -2.67. The van der Waals surface area contributed by atoms with Gasteiger partial charge in [-0.25, -0.2) is 4.57 Å². The van der Waals surface area contributed by atoms with Crippen molar-refractivity contribution >= 4 is 21.5 Å². The topological polar surface area (TPSA) is 3.88 Å². The minimum Gasteiger partial charge on any atom is -0.200 e. The zero-order chi connectivity index (χ0) is 18.6. The van der Waals surface area contributed by atoms with E-state index in [9.17, 15) is 0 Å². The van der Waals surface area contributed by atoms with Gasteiger partial charge in [0.05, 0.1) is 12.3 Å². The van der Waals surface area contributed by atoms with Crippen LogP contribution < -0.4 is 4.57 Å². The Morgan fingerprint density at radius 1 is 0.917 bits per heavy atom. The molecule has 3 aromatic carbocycles. The summed E-state index contributed by atoms with van der Waals surface area (Å²) in [6, 6.07) is 17.0. The van der Waals surface area contributed by atoms with Gasteiger partial charge in [-0.05, 0) is 54.1 Å². The number of pyridine rings is 1. The number of hydrogen-bond acceptors (Lipinski definition) is 0. The van der Waals surface area contributed by atoms with Crippen LogP contribution in [0.15, 0.2) is 60.7 Å².